The lowest BCUT2D eigenvalue weighted by Gasteiger charge is -2.21. The summed E-state index contributed by atoms with van der Waals surface area (Å²) in [4.78, 5) is 41.7. The summed E-state index contributed by atoms with van der Waals surface area (Å²) in [6.07, 6.45) is -0.440. The molecule has 2 unspecified atom stereocenters. The van der Waals surface area contributed by atoms with Crippen LogP contribution < -0.4 is 20.4 Å². The number of hydrogen-bond donors (Lipinski definition) is 2. The average Bonchev–Trinajstić information content (AvgIpc) is 3.36. The molecule has 2 N–H and O–H groups in total. The second-order valence-electron chi connectivity index (χ2n) is 10.9. The number of anilines is 2. The summed E-state index contributed by atoms with van der Waals surface area (Å²) in [5, 5.41) is 8.94. The number of rotatable bonds is 9. The van der Waals surface area contributed by atoms with Crippen LogP contribution in [0.4, 0.5) is 11.4 Å². The Hall–Kier alpha value is -2.86. The molecule has 2 atom stereocenters. The summed E-state index contributed by atoms with van der Waals surface area (Å²) < 4.78 is 6.09. The van der Waals surface area contributed by atoms with Crippen molar-refractivity contribution in [3.63, 3.8) is 0 Å². The lowest BCUT2D eigenvalue weighted by atomic mass is 10.1. The van der Waals surface area contributed by atoms with E-state index in [9.17, 15) is 14.4 Å². The lowest BCUT2D eigenvalue weighted by molar-refractivity contribution is -0.122. The number of aryl methyl sites for hydroxylation is 2. The molecule has 0 aliphatic carbocycles. The van der Waals surface area contributed by atoms with Gasteiger partial charge in [-0.15, -0.1) is 16.9 Å². The van der Waals surface area contributed by atoms with E-state index in [1.807, 2.05) is 39.0 Å². The highest BCUT2D eigenvalue weighted by Crippen LogP contribution is 2.50. The van der Waals surface area contributed by atoms with Crippen LogP contribution in [0, 0.1) is 13.8 Å². The second kappa shape index (κ2) is 16.2. The van der Waals surface area contributed by atoms with Gasteiger partial charge in [-0.25, -0.2) is 0 Å². The Morgan fingerprint density at radius 3 is 2.10 bits per heavy atom. The largest absolute Gasteiger partial charge is 0.480 e. The van der Waals surface area contributed by atoms with Gasteiger partial charge in [-0.3, -0.25) is 14.4 Å². The first-order valence-electron chi connectivity index (χ1n) is 14.7. The molecule has 4 aromatic rings. The zero-order valence-corrected chi connectivity index (χ0v) is 32.3. The summed E-state index contributed by atoms with van der Waals surface area (Å²) >= 11 is 45.4. The van der Waals surface area contributed by atoms with Crippen molar-refractivity contribution in [2.45, 2.75) is 43.4 Å². The zero-order chi connectivity index (χ0) is 36.4. The highest BCUT2D eigenvalue weighted by molar-refractivity contribution is 8.01. The number of amidine groups is 1. The second-order valence-corrected chi connectivity index (χ2v) is 14.7. The monoisotopic (exact) mass is 830 g/mol. The van der Waals surface area contributed by atoms with Crippen molar-refractivity contribution in [3.05, 3.63) is 113 Å². The van der Waals surface area contributed by atoms with E-state index in [4.69, 9.17) is 85.9 Å². The van der Waals surface area contributed by atoms with E-state index in [0.717, 1.165) is 27.9 Å². The van der Waals surface area contributed by atoms with Gasteiger partial charge < -0.3 is 15.4 Å². The van der Waals surface area contributed by atoms with Gasteiger partial charge in [-0.2, -0.15) is 5.01 Å². The highest BCUT2D eigenvalue weighted by atomic mass is 35.5. The van der Waals surface area contributed by atoms with Crippen LogP contribution in [0.1, 0.15) is 34.8 Å². The van der Waals surface area contributed by atoms with Crippen LogP contribution >= 0.6 is 93.0 Å². The Bertz CT molecular complexity index is 2010. The van der Waals surface area contributed by atoms with Crippen molar-refractivity contribution in [1.29, 1.82) is 0 Å². The van der Waals surface area contributed by atoms with Gasteiger partial charge in [0.2, 0.25) is 0 Å². The van der Waals surface area contributed by atoms with Gasteiger partial charge in [0.05, 0.1) is 46.4 Å². The third-order valence-electron chi connectivity index (χ3n) is 7.37. The topological polar surface area (TPSA) is 100 Å². The van der Waals surface area contributed by atoms with Gasteiger partial charge >= 0.3 is 0 Å². The third-order valence-corrected chi connectivity index (χ3v) is 11.5. The average molecular weight is 834 g/mol. The minimum atomic E-state index is -1.22. The van der Waals surface area contributed by atoms with Crippen molar-refractivity contribution in [2.24, 2.45) is 5.10 Å². The Balaban J connectivity index is 1.49. The predicted molar refractivity (Wildman–Crippen MR) is 206 cm³/mol. The van der Waals surface area contributed by atoms with Gasteiger partial charge in [-0.05, 0) is 56.2 Å². The number of carbonyl (C=O) groups excluding carboxylic acids is 3. The number of hydrogen-bond acceptors (Lipinski definition) is 6. The first-order valence-corrected chi connectivity index (χ1v) is 18.3. The third kappa shape index (κ3) is 7.96. The van der Waals surface area contributed by atoms with Crippen LogP contribution in [0.2, 0.25) is 35.2 Å². The number of thioether (sulfide) groups is 1. The summed E-state index contributed by atoms with van der Waals surface area (Å²) in [5.74, 6) is -1.35. The number of nitrogens with zero attached hydrogens (tertiary/aromatic N) is 2. The molecule has 1 aliphatic heterocycles. The molecule has 0 radical (unpaired) electrons. The first-order chi connectivity index (χ1) is 23.7. The minimum Gasteiger partial charge on any atom is -0.480 e. The number of hydrazone groups is 1. The van der Waals surface area contributed by atoms with E-state index in [-0.39, 0.29) is 52.2 Å². The van der Waals surface area contributed by atoms with Crippen molar-refractivity contribution >= 4 is 128 Å². The van der Waals surface area contributed by atoms with Crippen LogP contribution in [-0.2, 0) is 9.59 Å². The smallest absolute Gasteiger partial charge is 0.268 e. The van der Waals surface area contributed by atoms with Crippen molar-refractivity contribution in [1.82, 2.24) is 5.32 Å². The van der Waals surface area contributed by atoms with Gasteiger partial charge in [0.25, 0.3) is 17.7 Å². The molecule has 260 valence electrons. The summed E-state index contributed by atoms with van der Waals surface area (Å²) in [6.45, 7) is 5.72. The van der Waals surface area contributed by atoms with Gasteiger partial charge in [0.1, 0.15) is 11.4 Å². The first kappa shape index (κ1) is 38.4. The lowest BCUT2D eigenvalue weighted by Crippen LogP contribution is -2.39. The molecule has 0 saturated carbocycles. The fourth-order valence-electron chi connectivity index (χ4n) is 4.89. The highest BCUT2D eigenvalue weighted by Gasteiger charge is 2.42. The Labute approximate surface area is 327 Å². The van der Waals surface area contributed by atoms with Crippen LogP contribution in [-0.4, -0.2) is 34.9 Å². The SMILES string of the molecule is CCC(Oc1ccc(C)cc1C)C(=O)Nc1ccccc1SC1C(=O)N(c2c(Cl)c(Cl)c(Cl)c(Cl)c2Cl)N=C1NC(=O)c1c(Cl)cccc1Cl. The molecular weight excluding hydrogens is 809 g/mol. The number of nitrogens with one attached hydrogen (secondary N) is 2. The maximum Gasteiger partial charge on any atom is 0.268 e. The standard InChI is InChI=1S/C34H25Cl7N4O4S/c1-4-20(49-21-13-12-15(2)14-16(21)3)32(46)42-19-10-5-6-11-22(19)50-30-31(43-33(47)23-17(35)8-7-9-18(23)36)44-45(34(30)48)29-27(40)25(38)24(37)26(39)28(29)41/h5-14,20,30H,4H2,1-3H3,(H,42,46)(H,43,44,47). The molecule has 50 heavy (non-hydrogen) atoms. The van der Waals surface area contributed by atoms with Gasteiger partial charge in [-0.1, -0.05) is 124 Å². The van der Waals surface area contributed by atoms with E-state index < -0.39 is 29.1 Å². The number of halogens is 7. The van der Waals surface area contributed by atoms with E-state index >= 15 is 0 Å². The van der Waals surface area contributed by atoms with E-state index in [0.29, 0.717) is 22.8 Å². The molecule has 0 aromatic heterocycles. The fourth-order valence-corrected chi connectivity index (χ4v) is 7.82. The van der Waals surface area contributed by atoms with Crippen molar-refractivity contribution in [2.75, 3.05) is 10.3 Å². The Morgan fingerprint density at radius 1 is 0.860 bits per heavy atom. The fraction of sp³-hybridized carbons (Fsp3) is 0.176. The molecule has 1 heterocycles. The van der Waals surface area contributed by atoms with Crippen molar-refractivity contribution in [3.8, 4) is 5.75 Å². The maximum atomic E-state index is 14.2. The number of para-hydroxylation sites is 1. The van der Waals surface area contributed by atoms with Crippen LogP contribution in [0.25, 0.3) is 0 Å². The van der Waals surface area contributed by atoms with Crippen LogP contribution in [0.15, 0.2) is 70.7 Å². The molecule has 0 spiro atoms. The van der Waals surface area contributed by atoms with E-state index in [1.165, 1.54) is 12.1 Å². The molecule has 16 heteroatoms. The summed E-state index contributed by atoms with van der Waals surface area (Å²) in [6, 6.07) is 17.1. The predicted octanol–water partition coefficient (Wildman–Crippen LogP) is 10.9. The number of amides is 3. The van der Waals surface area contributed by atoms with E-state index in [1.54, 1.807) is 30.3 Å². The number of benzene rings is 4. The molecule has 1 aliphatic rings. The number of ether oxygens (including phenoxy) is 1. The molecule has 4 aromatic carbocycles. The molecule has 5 rings (SSSR count). The quantitative estimate of drug-likeness (QED) is 0.129. The summed E-state index contributed by atoms with van der Waals surface area (Å²) in [7, 11) is 0. The normalized spacial score (nSPS) is 14.8. The summed E-state index contributed by atoms with van der Waals surface area (Å²) in [5.41, 5.74) is 2.15. The number of carbonyl (C=O) groups is 3. The van der Waals surface area contributed by atoms with Crippen molar-refractivity contribution < 1.29 is 19.1 Å². The minimum absolute atomic E-state index is 0.0380. The van der Waals surface area contributed by atoms with Crippen LogP contribution in [0.3, 0.4) is 0 Å². The Kier molecular flexibility index (Phi) is 12.4. The van der Waals surface area contributed by atoms with Crippen LogP contribution in [0.5, 0.6) is 5.75 Å². The maximum absolute atomic E-state index is 14.2. The molecule has 0 saturated heterocycles. The molecule has 3 amide bonds. The molecular formula is C34H25Cl7N4O4S. The zero-order valence-electron chi connectivity index (χ0n) is 26.2. The van der Waals surface area contributed by atoms with E-state index in [2.05, 4.69) is 15.7 Å². The Morgan fingerprint density at radius 2 is 1.48 bits per heavy atom. The van der Waals surface area contributed by atoms with Gasteiger partial charge in [0, 0.05) is 4.90 Å². The molecule has 8 nitrogen and oxygen atoms in total. The molecule has 0 bridgehead atoms. The molecule has 0 fully saturated rings. The van der Waals surface area contributed by atoms with Gasteiger partial charge in [0.15, 0.2) is 17.2 Å².